The average molecular weight is 764 g/mol. The number of fused-ring (bicyclic) bond motifs is 2. The lowest BCUT2D eigenvalue weighted by atomic mass is 9.82. The van der Waals surface area contributed by atoms with Crippen molar-refractivity contribution in [2.24, 2.45) is 31.8 Å². The van der Waals surface area contributed by atoms with Crippen molar-refractivity contribution in [3.05, 3.63) is 87.0 Å². The van der Waals surface area contributed by atoms with E-state index < -0.39 is 11.6 Å². The highest BCUT2D eigenvalue weighted by molar-refractivity contribution is 9.10. The topological polar surface area (TPSA) is 105 Å². The number of benzene rings is 2. The molecule has 0 N–H and O–H groups in total. The Balaban J connectivity index is 0.000000211. The number of methoxy groups -OCH3 is 1. The molecule has 0 spiro atoms. The van der Waals surface area contributed by atoms with Crippen LogP contribution in [0.15, 0.2) is 59.5 Å². The van der Waals surface area contributed by atoms with E-state index in [-0.39, 0.29) is 21.8 Å². The SMILES string of the molecule is COc1cc(N2C[C@H]3CC[C@@H](C2)C3Cc2nc(Oc3cc(F)cc(Cl)c3)n(C)n2)ccn1.Cn1nc(Br)nc1Oc1cc(F)cc(Cl)c1. The minimum Gasteiger partial charge on any atom is -0.481 e. The first-order valence-electron chi connectivity index (χ1n) is 15.0. The van der Waals surface area contributed by atoms with Crippen LogP contribution in [0.25, 0.3) is 0 Å². The molecule has 16 heteroatoms. The average Bonchev–Trinajstić information content (AvgIpc) is 3.60. The number of nitrogens with zero attached hydrogens (tertiary/aromatic N) is 8. The molecule has 1 aliphatic carbocycles. The van der Waals surface area contributed by atoms with Gasteiger partial charge in [-0.05, 0) is 76.9 Å². The van der Waals surface area contributed by atoms with Gasteiger partial charge in [-0.15, -0.1) is 5.10 Å². The largest absolute Gasteiger partial charge is 0.481 e. The van der Waals surface area contributed by atoms with Crippen molar-refractivity contribution in [3.63, 3.8) is 0 Å². The first-order valence-corrected chi connectivity index (χ1v) is 16.6. The first-order chi connectivity index (χ1) is 23.0. The molecule has 2 bridgehead atoms. The molecule has 11 nitrogen and oxygen atoms in total. The van der Waals surface area contributed by atoms with Crippen molar-refractivity contribution in [2.45, 2.75) is 19.3 Å². The van der Waals surface area contributed by atoms with Gasteiger partial charge in [0.1, 0.15) is 23.1 Å². The molecule has 2 aliphatic rings. The molecule has 252 valence electrons. The molecule has 48 heavy (non-hydrogen) atoms. The van der Waals surface area contributed by atoms with Crippen LogP contribution < -0.4 is 19.1 Å². The highest BCUT2D eigenvalue weighted by atomic mass is 79.9. The van der Waals surface area contributed by atoms with Gasteiger partial charge >= 0.3 is 12.0 Å². The van der Waals surface area contributed by atoms with Gasteiger partial charge in [0.2, 0.25) is 10.6 Å². The fourth-order valence-corrected chi connectivity index (χ4v) is 7.02. The summed E-state index contributed by atoms with van der Waals surface area (Å²) in [5.41, 5.74) is 1.16. The number of ether oxygens (including phenoxy) is 3. The van der Waals surface area contributed by atoms with E-state index >= 15 is 0 Å². The van der Waals surface area contributed by atoms with Crippen molar-refractivity contribution in [1.29, 1.82) is 0 Å². The summed E-state index contributed by atoms with van der Waals surface area (Å²) in [6, 6.07) is 12.6. The molecular formula is C32H31BrCl2F2N8O3. The monoisotopic (exact) mass is 762 g/mol. The van der Waals surface area contributed by atoms with Crippen LogP contribution in [0.5, 0.6) is 29.4 Å². The van der Waals surface area contributed by atoms with Crippen LogP contribution in [0.2, 0.25) is 10.0 Å². The molecule has 1 aliphatic heterocycles. The number of aryl methyl sites for hydroxylation is 2. The minimum absolute atomic E-state index is 0.244. The van der Waals surface area contributed by atoms with E-state index in [1.165, 1.54) is 47.9 Å². The van der Waals surface area contributed by atoms with Gasteiger partial charge in [0.15, 0.2) is 5.82 Å². The van der Waals surface area contributed by atoms with Crippen molar-refractivity contribution < 1.29 is 23.0 Å². The molecule has 4 heterocycles. The van der Waals surface area contributed by atoms with Crippen LogP contribution in [-0.4, -0.2) is 54.7 Å². The lowest BCUT2D eigenvalue weighted by Crippen LogP contribution is -2.42. The van der Waals surface area contributed by atoms with E-state index in [1.807, 2.05) is 12.1 Å². The Morgan fingerprint density at radius 1 is 0.833 bits per heavy atom. The number of anilines is 1. The third-order valence-corrected chi connectivity index (χ3v) is 9.07. The number of hydrogen-bond donors (Lipinski definition) is 0. The van der Waals surface area contributed by atoms with E-state index in [9.17, 15) is 8.78 Å². The zero-order valence-corrected chi connectivity index (χ0v) is 29.3. The van der Waals surface area contributed by atoms with Gasteiger partial charge in [-0.3, -0.25) is 0 Å². The van der Waals surface area contributed by atoms with Gasteiger partial charge in [0, 0.05) is 73.7 Å². The molecular weight excluding hydrogens is 733 g/mol. The molecule has 2 aromatic carbocycles. The van der Waals surface area contributed by atoms with Crippen molar-refractivity contribution in [3.8, 4) is 29.4 Å². The van der Waals surface area contributed by atoms with Crippen molar-refractivity contribution in [1.82, 2.24) is 34.5 Å². The van der Waals surface area contributed by atoms with Crippen LogP contribution in [0.3, 0.4) is 0 Å². The summed E-state index contributed by atoms with van der Waals surface area (Å²) in [6.07, 6.45) is 5.04. The zero-order valence-electron chi connectivity index (χ0n) is 26.2. The summed E-state index contributed by atoms with van der Waals surface area (Å²) >= 11 is 14.7. The van der Waals surface area contributed by atoms with E-state index in [0.29, 0.717) is 40.1 Å². The Morgan fingerprint density at radius 3 is 1.96 bits per heavy atom. The summed E-state index contributed by atoms with van der Waals surface area (Å²) < 4.78 is 46.4. The second-order valence-electron chi connectivity index (χ2n) is 11.6. The Bertz CT molecular complexity index is 1860. The molecule has 5 aromatic rings. The second kappa shape index (κ2) is 14.6. The van der Waals surface area contributed by atoms with Crippen LogP contribution in [-0.2, 0) is 20.5 Å². The summed E-state index contributed by atoms with van der Waals surface area (Å²) in [4.78, 5) is 15.2. The van der Waals surface area contributed by atoms with E-state index in [4.69, 9.17) is 37.4 Å². The third-order valence-electron chi connectivity index (χ3n) is 8.29. The number of aromatic nitrogens is 7. The zero-order chi connectivity index (χ0) is 33.9. The standard InChI is InChI=1S/C23H25ClFN5O2.C9H6BrClFN3O/c1-29-23(32-19-8-16(24)7-17(25)9-19)27-21(28-29)11-20-14-3-4-15(20)13-30(12-14)18-5-6-26-22(10-18)31-2;1-15-9(13-8(10)14-15)16-7-3-5(11)2-6(12)4-7/h5-10,14-15,20H,3-4,11-13H2,1-2H3;2-4H,1H3/t14-,15+,20?;. The Labute approximate surface area is 293 Å². The molecule has 2 fully saturated rings. The fourth-order valence-electron chi connectivity index (χ4n) is 6.21. The molecule has 0 amide bonds. The first kappa shape index (κ1) is 33.9. The van der Waals surface area contributed by atoms with E-state index in [2.05, 4.69) is 46.0 Å². The maximum absolute atomic E-state index is 13.6. The van der Waals surface area contributed by atoms with E-state index in [1.54, 1.807) is 38.2 Å². The smallest absolute Gasteiger partial charge is 0.321 e. The third kappa shape index (κ3) is 8.16. The van der Waals surface area contributed by atoms with Gasteiger partial charge in [-0.1, -0.05) is 23.2 Å². The van der Waals surface area contributed by atoms with Gasteiger partial charge in [-0.25, -0.2) is 23.1 Å². The molecule has 1 saturated heterocycles. The molecule has 3 atom stereocenters. The molecule has 0 radical (unpaired) electrons. The Hall–Kier alpha value is -4.01. The maximum Gasteiger partial charge on any atom is 0.321 e. The van der Waals surface area contributed by atoms with Gasteiger partial charge in [0.05, 0.1) is 7.11 Å². The predicted octanol–water partition coefficient (Wildman–Crippen LogP) is 7.67. The van der Waals surface area contributed by atoms with E-state index in [0.717, 1.165) is 31.0 Å². The van der Waals surface area contributed by atoms with Gasteiger partial charge < -0.3 is 19.1 Å². The molecule has 7 rings (SSSR count). The van der Waals surface area contributed by atoms with Crippen LogP contribution in [0, 0.1) is 29.4 Å². The summed E-state index contributed by atoms with van der Waals surface area (Å²) in [5.74, 6) is 2.76. The quantitative estimate of drug-likeness (QED) is 0.158. The summed E-state index contributed by atoms with van der Waals surface area (Å²) in [7, 11) is 5.08. The van der Waals surface area contributed by atoms with Gasteiger partial charge in [0.25, 0.3) is 0 Å². The number of halogens is 5. The highest BCUT2D eigenvalue weighted by Gasteiger charge is 2.42. The highest BCUT2D eigenvalue weighted by Crippen LogP contribution is 2.44. The molecule has 1 saturated carbocycles. The van der Waals surface area contributed by atoms with Crippen LogP contribution in [0.4, 0.5) is 14.5 Å². The fraction of sp³-hybridized carbons (Fsp3) is 0.344. The maximum atomic E-state index is 13.6. The van der Waals surface area contributed by atoms with Gasteiger partial charge in [-0.2, -0.15) is 15.1 Å². The lowest BCUT2D eigenvalue weighted by Gasteiger charge is -2.39. The predicted molar refractivity (Wildman–Crippen MR) is 179 cm³/mol. The summed E-state index contributed by atoms with van der Waals surface area (Å²) in [6.45, 7) is 2.01. The number of pyridine rings is 1. The normalized spacial score (nSPS) is 18.3. The Morgan fingerprint density at radius 2 is 1.42 bits per heavy atom. The second-order valence-corrected chi connectivity index (χ2v) is 13.1. The molecule has 1 unspecified atom stereocenters. The van der Waals surface area contributed by atoms with Crippen molar-refractivity contribution >= 4 is 44.8 Å². The molecule has 3 aromatic heterocycles. The number of hydrogen-bond acceptors (Lipinski definition) is 9. The van der Waals surface area contributed by atoms with Crippen LogP contribution in [0.1, 0.15) is 18.7 Å². The number of rotatable bonds is 8. The summed E-state index contributed by atoms with van der Waals surface area (Å²) in [5, 5.41) is 9.02. The van der Waals surface area contributed by atoms with Crippen molar-refractivity contribution in [2.75, 3.05) is 25.1 Å². The Kier molecular flexibility index (Phi) is 10.3. The lowest BCUT2D eigenvalue weighted by molar-refractivity contribution is 0.265. The minimum atomic E-state index is -0.469. The van der Waals surface area contributed by atoms with Crippen LogP contribution >= 0.6 is 39.1 Å². The number of piperidine rings is 1.